The van der Waals surface area contributed by atoms with Crippen molar-refractivity contribution < 1.29 is 0 Å². The number of fused-ring (bicyclic) bond motifs is 1. The van der Waals surface area contributed by atoms with Crippen LogP contribution in [0.15, 0.2) is 30.5 Å². The highest BCUT2D eigenvalue weighted by molar-refractivity contribution is 7.80. The highest BCUT2D eigenvalue weighted by Crippen LogP contribution is 2.11. The van der Waals surface area contributed by atoms with Gasteiger partial charge in [0.25, 0.3) is 0 Å². The van der Waals surface area contributed by atoms with Gasteiger partial charge in [-0.1, -0.05) is 18.2 Å². The summed E-state index contributed by atoms with van der Waals surface area (Å²) in [5.41, 5.74) is 6.17. The molecule has 0 radical (unpaired) electrons. The minimum Gasteiger partial charge on any atom is -0.376 e. The van der Waals surface area contributed by atoms with E-state index in [9.17, 15) is 0 Å². The van der Waals surface area contributed by atoms with E-state index in [2.05, 4.69) is 27.5 Å². The molecule has 2 aromatic rings. The molecule has 0 aliphatic heterocycles. The zero-order valence-electron chi connectivity index (χ0n) is 7.27. The van der Waals surface area contributed by atoms with E-state index >= 15 is 0 Å². The molecule has 70 valence electrons. The number of nitrogens with zero attached hydrogens (tertiary/aromatic N) is 2. The molecule has 0 unspecified atom stereocenters. The van der Waals surface area contributed by atoms with Crippen molar-refractivity contribution >= 4 is 34.2 Å². The average Bonchev–Trinajstić information content (AvgIpc) is 2.17. The Hall–Kier alpha value is -1.75. The zero-order valence-corrected chi connectivity index (χ0v) is 8.08. The Morgan fingerprint density at radius 2 is 2.14 bits per heavy atom. The lowest BCUT2D eigenvalue weighted by atomic mass is 10.2. The van der Waals surface area contributed by atoms with Gasteiger partial charge in [0.15, 0.2) is 5.11 Å². The smallest absolute Gasteiger partial charge is 0.229 e. The van der Waals surface area contributed by atoms with Crippen LogP contribution in [0.2, 0.25) is 0 Å². The van der Waals surface area contributed by atoms with Crippen LogP contribution in [-0.2, 0) is 0 Å². The number of hydrogen-bond donors (Lipinski definition) is 2. The maximum atomic E-state index is 5.31. The molecule has 1 heterocycles. The van der Waals surface area contributed by atoms with Crippen molar-refractivity contribution in [3.05, 3.63) is 30.5 Å². The van der Waals surface area contributed by atoms with Crippen molar-refractivity contribution in [1.82, 2.24) is 9.97 Å². The molecule has 4 nitrogen and oxygen atoms in total. The van der Waals surface area contributed by atoms with Crippen LogP contribution < -0.4 is 11.1 Å². The molecule has 0 saturated carbocycles. The number of thiocarbonyl (C=S) groups is 1. The first-order chi connectivity index (χ1) is 6.75. The van der Waals surface area contributed by atoms with Crippen molar-refractivity contribution in [2.24, 2.45) is 5.73 Å². The molecule has 5 heteroatoms. The first-order valence-corrected chi connectivity index (χ1v) is 4.45. The summed E-state index contributed by atoms with van der Waals surface area (Å²) in [6.45, 7) is 0. The van der Waals surface area contributed by atoms with Gasteiger partial charge in [0.2, 0.25) is 5.95 Å². The SMILES string of the molecule is NC(=S)Nc1ncc2ccccc2n1. The molecule has 0 saturated heterocycles. The van der Waals surface area contributed by atoms with Crippen LogP contribution in [0.5, 0.6) is 0 Å². The second-order valence-electron chi connectivity index (χ2n) is 2.74. The summed E-state index contributed by atoms with van der Waals surface area (Å²) in [5, 5.41) is 3.84. The van der Waals surface area contributed by atoms with Crippen LogP contribution >= 0.6 is 12.2 Å². The van der Waals surface area contributed by atoms with Gasteiger partial charge in [0.1, 0.15) is 0 Å². The van der Waals surface area contributed by atoms with Crippen LogP contribution in [0.3, 0.4) is 0 Å². The van der Waals surface area contributed by atoms with Crippen LogP contribution in [0.4, 0.5) is 5.95 Å². The minimum absolute atomic E-state index is 0.167. The van der Waals surface area contributed by atoms with Crippen LogP contribution in [0.1, 0.15) is 0 Å². The Labute approximate surface area is 86.2 Å². The quantitative estimate of drug-likeness (QED) is 0.685. The van der Waals surface area contributed by atoms with Gasteiger partial charge in [-0.2, -0.15) is 0 Å². The number of anilines is 1. The summed E-state index contributed by atoms with van der Waals surface area (Å²) < 4.78 is 0. The third kappa shape index (κ3) is 1.77. The predicted molar refractivity (Wildman–Crippen MR) is 59.9 cm³/mol. The summed E-state index contributed by atoms with van der Waals surface area (Å²) in [5.74, 6) is 0.427. The normalized spacial score (nSPS) is 10.0. The van der Waals surface area contributed by atoms with E-state index in [-0.39, 0.29) is 5.11 Å². The third-order valence-corrected chi connectivity index (χ3v) is 1.83. The number of para-hydroxylation sites is 1. The number of aromatic nitrogens is 2. The maximum absolute atomic E-state index is 5.31. The van der Waals surface area contributed by atoms with Gasteiger partial charge in [0, 0.05) is 11.6 Å². The van der Waals surface area contributed by atoms with Crippen molar-refractivity contribution in [1.29, 1.82) is 0 Å². The molecule has 0 aliphatic carbocycles. The summed E-state index contributed by atoms with van der Waals surface area (Å²) in [7, 11) is 0. The van der Waals surface area contributed by atoms with Gasteiger partial charge < -0.3 is 11.1 Å². The number of nitrogens with two attached hydrogens (primary N) is 1. The lowest BCUT2D eigenvalue weighted by Gasteiger charge is -2.02. The summed E-state index contributed by atoms with van der Waals surface area (Å²) in [6, 6.07) is 7.70. The molecule has 0 aliphatic rings. The molecule has 14 heavy (non-hydrogen) atoms. The van der Waals surface area contributed by atoms with Crippen molar-refractivity contribution in [2.45, 2.75) is 0 Å². The summed E-state index contributed by atoms with van der Waals surface area (Å²) >= 11 is 4.69. The predicted octanol–water partition coefficient (Wildman–Crippen LogP) is 1.29. The van der Waals surface area contributed by atoms with E-state index in [1.165, 1.54) is 0 Å². The standard InChI is InChI=1S/C9H8N4S/c10-8(14)13-9-11-5-6-3-1-2-4-7(6)12-9/h1-5H,(H3,10,11,12,13,14). The average molecular weight is 204 g/mol. The van der Waals surface area contributed by atoms with Crippen molar-refractivity contribution in [3.63, 3.8) is 0 Å². The first-order valence-electron chi connectivity index (χ1n) is 4.04. The molecular formula is C9H8N4S. The van der Waals surface area contributed by atoms with E-state index in [1.807, 2.05) is 24.3 Å². The van der Waals surface area contributed by atoms with E-state index in [0.29, 0.717) is 5.95 Å². The minimum atomic E-state index is 0.167. The van der Waals surface area contributed by atoms with E-state index in [0.717, 1.165) is 10.9 Å². The highest BCUT2D eigenvalue weighted by atomic mass is 32.1. The Morgan fingerprint density at radius 3 is 2.93 bits per heavy atom. The largest absolute Gasteiger partial charge is 0.376 e. The molecule has 3 N–H and O–H groups in total. The first kappa shape index (κ1) is 8.83. The Morgan fingerprint density at radius 1 is 1.36 bits per heavy atom. The van der Waals surface area contributed by atoms with Gasteiger partial charge >= 0.3 is 0 Å². The summed E-state index contributed by atoms with van der Waals surface area (Å²) in [6.07, 6.45) is 1.73. The molecule has 0 atom stereocenters. The molecule has 0 fully saturated rings. The van der Waals surface area contributed by atoms with Gasteiger partial charge in [0.05, 0.1) is 5.52 Å². The van der Waals surface area contributed by atoms with Gasteiger partial charge in [-0.25, -0.2) is 9.97 Å². The fourth-order valence-electron chi connectivity index (χ4n) is 1.14. The molecule has 2 rings (SSSR count). The van der Waals surface area contributed by atoms with Crippen LogP contribution in [0, 0.1) is 0 Å². The monoisotopic (exact) mass is 204 g/mol. The fourth-order valence-corrected chi connectivity index (χ4v) is 1.23. The fraction of sp³-hybridized carbons (Fsp3) is 0. The van der Waals surface area contributed by atoms with E-state index in [4.69, 9.17) is 5.73 Å². The lowest BCUT2D eigenvalue weighted by Crippen LogP contribution is -2.20. The molecular weight excluding hydrogens is 196 g/mol. The topological polar surface area (TPSA) is 63.8 Å². The lowest BCUT2D eigenvalue weighted by molar-refractivity contribution is 1.22. The molecule has 0 amide bonds. The Bertz CT molecular complexity index is 483. The van der Waals surface area contributed by atoms with E-state index < -0.39 is 0 Å². The molecule has 1 aromatic heterocycles. The molecule has 0 bridgehead atoms. The second-order valence-corrected chi connectivity index (χ2v) is 3.18. The Kier molecular flexibility index (Phi) is 2.24. The number of nitrogens with one attached hydrogen (secondary N) is 1. The third-order valence-electron chi connectivity index (χ3n) is 1.72. The zero-order chi connectivity index (χ0) is 9.97. The van der Waals surface area contributed by atoms with E-state index in [1.54, 1.807) is 6.20 Å². The Balaban J connectivity index is 2.46. The molecule has 1 aromatic carbocycles. The maximum Gasteiger partial charge on any atom is 0.229 e. The number of benzene rings is 1. The summed E-state index contributed by atoms with van der Waals surface area (Å²) in [4.78, 5) is 8.28. The highest BCUT2D eigenvalue weighted by Gasteiger charge is 1.98. The van der Waals surface area contributed by atoms with Gasteiger partial charge in [-0.05, 0) is 18.3 Å². The van der Waals surface area contributed by atoms with Crippen molar-refractivity contribution in [3.8, 4) is 0 Å². The van der Waals surface area contributed by atoms with Gasteiger partial charge in [-0.3, -0.25) is 0 Å². The number of rotatable bonds is 1. The number of hydrogen-bond acceptors (Lipinski definition) is 3. The van der Waals surface area contributed by atoms with Crippen LogP contribution in [0.25, 0.3) is 10.9 Å². The van der Waals surface area contributed by atoms with Gasteiger partial charge in [-0.15, -0.1) is 0 Å². The van der Waals surface area contributed by atoms with Crippen molar-refractivity contribution in [2.75, 3.05) is 5.32 Å². The van der Waals surface area contributed by atoms with Crippen LogP contribution in [-0.4, -0.2) is 15.1 Å². The second kappa shape index (κ2) is 3.55. The molecule has 0 spiro atoms.